The molecule has 0 fully saturated rings. The van der Waals surface area contributed by atoms with Gasteiger partial charge in [-0.25, -0.2) is 4.98 Å². The van der Waals surface area contributed by atoms with Crippen LogP contribution in [0.4, 0.5) is 0 Å². The van der Waals surface area contributed by atoms with Crippen molar-refractivity contribution < 1.29 is 4.79 Å². The van der Waals surface area contributed by atoms with Gasteiger partial charge in [0.2, 0.25) is 0 Å². The van der Waals surface area contributed by atoms with E-state index in [1.54, 1.807) is 0 Å². The Morgan fingerprint density at radius 3 is 2.46 bits per heavy atom. The topological polar surface area (TPSA) is 33.2 Å². The van der Waals surface area contributed by atoms with Crippen molar-refractivity contribution in [3.8, 4) is 11.3 Å². The van der Waals surface area contributed by atoms with E-state index in [-0.39, 0.29) is 5.78 Å². The van der Waals surface area contributed by atoms with Crippen LogP contribution in [-0.2, 0) is 0 Å². The van der Waals surface area contributed by atoms with Crippen LogP contribution < -0.4 is 0 Å². The molecule has 3 aromatic rings. The molecule has 0 saturated heterocycles. The smallest absolute Gasteiger partial charge is 0.163 e. The second-order valence-electron chi connectivity index (χ2n) is 6.27. The summed E-state index contributed by atoms with van der Waals surface area (Å²) in [6.45, 7) is 0.917. The predicted molar refractivity (Wildman–Crippen MR) is 99.3 cm³/mol. The normalized spacial score (nSPS) is 11.1. The Labute approximate surface area is 143 Å². The summed E-state index contributed by atoms with van der Waals surface area (Å²) < 4.78 is 0. The molecule has 0 bridgehead atoms. The molecule has 24 heavy (non-hydrogen) atoms. The lowest BCUT2D eigenvalue weighted by Gasteiger charge is -2.11. The van der Waals surface area contributed by atoms with Crippen molar-refractivity contribution in [2.75, 3.05) is 20.6 Å². The number of rotatable bonds is 6. The minimum atomic E-state index is 0.188. The minimum Gasteiger partial charge on any atom is -0.309 e. The number of carbonyl (C=O) groups excluding carboxylic acids is 1. The van der Waals surface area contributed by atoms with Crippen LogP contribution in [0.3, 0.4) is 0 Å². The lowest BCUT2D eigenvalue weighted by Crippen LogP contribution is -2.14. The van der Waals surface area contributed by atoms with Crippen LogP contribution in [0, 0.1) is 0 Å². The molecule has 0 unspecified atom stereocenters. The SMILES string of the molecule is CN(C)CCCC(=O)c1cc(-c2ccccc2)nc2ccccc12. The summed E-state index contributed by atoms with van der Waals surface area (Å²) >= 11 is 0. The van der Waals surface area contributed by atoms with Crippen molar-refractivity contribution in [2.45, 2.75) is 12.8 Å². The van der Waals surface area contributed by atoms with E-state index in [0.717, 1.165) is 40.7 Å². The highest BCUT2D eigenvalue weighted by Crippen LogP contribution is 2.25. The first kappa shape index (κ1) is 16.3. The van der Waals surface area contributed by atoms with Gasteiger partial charge in [0.15, 0.2) is 5.78 Å². The van der Waals surface area contributed by atoms with Gasteiger partial charge < -0.3 is 4.90 Å². The summed E-state index contributed by atoms with van der Waals surface area (Å²) in [4.78, 5) is 19.6. The van der Waals surface area contributed by atoms with Gasteiger partial charge in [0.05, 0.1) is 11.2 Å². The van der Waals surface area contributed by atoms with Crippen molar-refractivity contribution in [3.63, 3.8) is 0 Å². The molecule has 0 aliphatic rings. The zero-order valence-corrected chi connectivity index (χ0v) is 14.2. The van der Waals surface area contributed by atoms with Gasteiger partial charge in [-0.1, -0.05) is 48.5 Å². The molecule has 1 heterocycles. The van der Waals surface area contributed by atoms with Crippen LogP contribution in [0.2, 0.25) is 0 Å². The number of Topliss-reactive ketones (excluding diaryl/α,β-unsaturated/α-hetero) is 1. The van der Waals surface area contributed by atoms with E-state index in [1.165, 1.54) is 0 Å². The first-order chi connectivity index (χ1) is 11.6. The number of hydrogen-bond acceptors (Lipinski definition) is 3. The Hall–Kier alpha value is -2.52. The van der Waals surface area contributed by atoms with Crippen LogP contribution in [0.15, 0.2) is 60.7 Å². The number of nitrogens with zero attached hydrogens (tertiary/aromatic N) is 2. The molecular weight excluding hydrogens is 296 g/mol. The van der Waals surface area contributed by atoms with E-state index in [0.29, 0.717) is 6.42 Å². The zero-order valence-electron chi connectivity index (χ0n) is 14.2. The predicted octanol–water partition coefficient (Wildman–Crippen LogP) is 4.43. The lowest BCUT2D eigenvalue weighted by atomic mass is 9.99. The number of hydrogen-bond donors (Lipinski definition) is 0. The molecule has 0 radical (unpaired) electrons. The summed E-state index contributed by atoms with van der Waals surface area (Å²) in [7, 11) is 4.06. The van der Waals surface area contributed by atoms with E-state index in [4.69, 9.17) is 4.98 Å². The fraction of sp³-hybridized carbons (Fsp3) is 0.238. The molecule has 0 spiro atoms. The Morgan fingerprint density at radius 1 is 1.00 bits per heavy atom. The summed E-state index contributed by atoms with van der Waals surface area (Å²) in [6, 6.07) is 19.8. The number of ketones is 1. The van der Waals surface area contributed by atoms with Gasteiger partial charge in [-0.05, 0) is 39.2 Å². The quantitative estimate of drug-likeness (QED) is 0.631. The van der Waals surface area contributed by atoms with E-state index >= 15 is 0 Å². The second-order valence-corrected chi connectivity index (χ2v) is 6.27. The second kappa shape index (κ2) is 7.37. The third-order valence-electron chi connectivity index (χ3n) is 4.10. The average molecular weight is 318 g/mol. The van der Waals surface area contributed by atoms with Crippen molar-refractivity contribution in [3.05, 3.63) is 66.2 Å². The number of aromatic nitrogens is 1. The van der Waals surface area contributed by atoms with Gasteiger partial charge in [0.25, 0.3) is 0 Å². The van der Waals surface area contributed by atoms with Crippen molar-refractivity contribution in [1.82, 2.24) is 9.88 Å². The Bertz CT molecular complexity index is 841. The third kappa shape index (κ3) is 3.69. The van der Waals surface area contributed by atoms with Crippen LogP contribution in [-0.4, -0.2) is 36.3 Å². The lowest BCUT2D eigenvalue weighted by molar-refractivity contribution is 0.0979. The highest BCUT2D eigenvalue weighted by Gasteiger charge is 2.13. The molecule has 1 aromatic heterocycles. The molecule has 3 nitrogen and oxygen atoms in total. The maximum atomic E-state index is 12.8. The monoisotopic (exact) mass is 318 g/mol. The van der Waals surface area contributed by atoms with Crippen LogP contribution in [0.5, 0.6) is 0 Å². The molecule has 0 saturated carbocycles. The fourth-order valence-electron chi connectivity index (χ4n) is 2.85. The molecule has 0 aliphatic heterocycles. The maximum absolute atomic E-state index is 12.8. The fourth-order valence-corrected chi connectivity index (χ4v) is 2.85. The van der Waals surface area contributed by atoms with Crippen molar-refractivity contribution in [1.29, 1.82) is 0 Å². The van der Waals surface area contributed by atoms with Crippen molar-refractivity contribution in [2.24, 2.45) is 0 Å². The first-order valence-corrected chi connectivity index (χ1v) is 8.28. The molecular formula is C21H22N2O. The Kier molecular flexibility index (Phi) is 5.02. The molecule has 3 heteroatoms. The molecule has 0 aliphatic carbocycles. The maximum Gasteiger partial charge on any atom is 0.163 e. The van der Waals surface area contributed by atoms with E-state index < -0.39 is 0 Å². The van der Waals surface area contributed by atoms with Crippen LogP contribution >= 0.6 is 0 Å². The van der Waals surface area contributed by atoms with Gasteiger partial charge in [-0.15, -0.1) is 0 Å². The molecule has 0 N–H and O–H groups in total. The molecule has 0 atom stereocenters. The van der Waals surface area contributed by atoms with E-state index in [2.05, 4.69) is 4.90 Å². The number of fused-ring (bicyclic) bond motifs is 1. The third-order valence-corrected chi connectivity index (χ3v) is 4.10. The number of para-hydroxylation sites is 1. The molecule has 0 amide bonds. The number of pyridine rings is 1. The largest absolute Gasteiger partial charge is 0.309 e. The van der Waals surface area contributed by atoms with E-state index in [9.17, 15) is 4.79 Å². The van der Waals surface area contributed by atoms with Gasteiger partial charge in [-0.2, -0.15) is 0 Å². The minimum absolute atomic E-state index is 0.188. The highest BCUT2D eigenvalue weighted by molar-refractivity contribution is 6.08. The van der Waals surface area contributed by atoms with E-state index in [1.807, 2.05) is 74.8 Å². The van der Waals surface area contributed by atoms with Crippen LogP contribution in [0.25, 0.3) is 22.2 Å². The Morgan fingerprint density at radius 2 is 1.71 bits per heavy atom. The zero-order chi connectivity index (χ0) is 16.9. The van der Waals surface area contributed by atoms with Crippen molar-refractivity contribution >= 4 is 16.7 Å². The number of benzene rings is 2. The van der Waals surface area contributed by atoms with Gasteiger partial charge in [-0.3, -0.25) is 4.79 Å². The van der Waals surface area contributed by atoms with Gasteiger partial charge >= 0.3 is 0 Å². The Balaban J connectivity index is 2.00. The average Bonchev–Trinajstić information content (AvgIpc) is 2.61. The first-order valence-electron chi connectivity index (χ1n) is 8.28. The molecule has 2 aromatic carbocycles. The molecule has 122 valence electrons. The molecule has 3 rings (SSSR count). The van der Waals surface area contributed by atoms with Gasteiger partial charge in [0, 0.05) is 22.9 Å². The standard InChI is InChI=1S/C21H22N2O/c1-23(2)14-8-13-21(24)18-15-20(16-9-4-3-5-10-16)22-19-12-7-6-11-17(18)19/h3-7,9-12,15H,8,13-14H2,1-2H3. The summed E-state index contributed by atoms with van der Waals surface area (Å²) in [5.41, 5.74) is 3.53. The van der Waals surface area contributed by atoms with Crippen LogP contribution in [0.1, 0.15) is 23.2 Å². The van der Waals surface area contributed by atoms with Gasteiger partial charge in [0.1, 0.15) is 0 Å². The summed E-state index contributed by atoms with van der Waals surface area (Å²) in [6.07, 6.45) is 1.42. The highest BCUT2D eigenvalue weighted by atomic mass is 16.1. The summed E-state index contributed by atoms with van der Waals surface area (Å²) in [5, 5.41) is 0.937. The summed E-state index contributed by atoms with van der Waals surface area (Å²) in [5.74, 6) is 0.188. The number of carbonyl (C=O) groups is 1.